The molecule has 0 amide bonds. The minimum absolute atomic E-state index is 0. The van der Waals surface area contributed by atoms with E-state index in [1.54, 1.807) is 18.5 Å². The summed E-state index contributed by atoms with van der Waals surface area (Å²) in [5, 5.41) is 22.3. The first-order chi connectivity index (χ1) is 13.2. The van der Waals surface area contributed by atoms with Crippen LogP contribution in [0.25, 0.3) is 32.6 Å². The Hall–Kier alpha value is -1.76. The zero-order chi connectivity index (χ0) is 18.6. The molecule has 5 heteroatoms. The standard InChI is InChI=1S/C12H8N2.C11H10O2.Eu/c1-3-9-5-6-10-4-2-8-14-12(10)11(9)13-7-1;12-11(13)10-7-3-5-8-4-1-2-6-9(8)10;/h1-8H;1-7,11-13H;. The molecule has 0 spiro atoms. The number of fused-ring (bicyclic) bond motifs is 4. The molecule has 2 aromatic heterocycles. The van der Waals surface area contributed by atoms with E-state index in [9.17, 15) is 0 Å². The number of aliphatic hydroxyl groups is 2. The Morgan fingerprint density at radius 1 is 0.571 bits per heavy atom. The van der Waals surface area contributed by atoms with Crippen LogP contribution in [-0.2, 0) is 0 Å². The number of pyridine rings is 2. The molecule has 0 saturated heterocycles. The van der Waals surface area contributed by atoms with E-state index in [-0.39, 0.29) is 49.4 Å². The van der Waals surface area contributed by atoms with Crippen molar-refractivity contribution in [1.29, 1.82) is 0 Å². The third-order valence-corrected chi connectivity index (χ3v) is 4.45. The van der Waals surface area contributed by atoms with Gasteiger partial charge >= 0.3 is 0 Å². The van der Waals surface area contributed by atoms with Gasteiger partial charge in [-0.25, -0.2) is 0 Å². The molecule has 0 unspecified atom stereocenters. The van der Waals surface area contributed by atoms with Gasteiger partial charge in [0.05, 0.1) is 11.0 Å². The fourth-order valence-corrected chi connectivity index (χ4v) is 3.16. The van der Waals surface area contributed by atoms with Crippen LogP contribution in [-0.4, -0.2) is 20.2 Å². The van der Waals surface area contributed by atoms with Gasteiger partial charge in [0.25, 0.3) is 0 Å². The van der Waals surface area contributed by atoms with Crippen LogP contribution in [0.15, 0.2) is 91.3 Å². The van der Waals surface area contributed by atoms with E-state index in [0.717, 1.165) is 32.6 Å². The molecule has 0 aliphatic rings. The molecule has 2 heterocycles. The molecular formula is C23H18EuN2O2. The summed E-state index contributed by atoms with van der Waals surface area (Å²) in [6.07, 6.45) is 2.21. The van der Waals surface area contributed by atoms with Crippen LogP contribution in [0.4, 0.5) is 0 Å². The van der Waals surface area contributed by atoms with Crippen molar-refractivity contribution in [3.63, 3.8) is 0 Å². The van der Waals surface area contributed by atoms with Crippen molar-refractivity contribution in [1.82, 2.24) is 9.97 Å². The molecule has 4 nitrogen and oxygen atoms in total. The quantitative estimate of drug-likeness (QED) is 0.258. The Balaban J connectivity index is 0.000000156. The number of hydrogen-bond acceptors (Lipinski definition) is 4. The molecule has 0 saturated carbocycles. The average molecular weight is 506 g/mol. The molecule has 2 N–H and O–H groups in total. The summed E-state index contributed by atoms with van der Waals surface area (Å²) in [5.74, 6) is 0. The van der Waals surface area contributed by atoms with E-state index in [0.29, 0.717) is 5.56 Å². The fourth-order valence-electron chi connectivity index (χ4n) is 3.16. The van der Waals surface area contributed by atoms with Crippen molar-refractivity contribution < 1.29 is 59.6 Å². The largest absolute Gasteiger partial charge is 0.364 e. The Bertz CT molecular complexity index is 1160. The fraction of sp³-hybridized carbons (Fsp3) is 0.0435. The first kappa shape index (κ1) is 21.0. The molecule has 0 bridgehead atoms. The monoisotopic (exact) mass is 507 g/mol. The van der Waals surface area contributed by atoms with Crippen LogP contribution in [0.5, 0.6) is 0 Å². The summed E-state index contributed by atoms with van der Waals surface area (Å²) < 4.78 is 0. The summed E-state index contributed by atoms with van der Waals surface area (Å²) in [7, 11) is 0. The number of hydrogen-bond donors (Lipinski definition) is 2. The van der Waals surface area contributed by atoms with E-state index in [2.05, 4.69) is 34.2 Å². The van der Waals surface area contributed by atoms with E-state index >= 15 is 0 Å². The Morgan fingerprint density at radius 2 is 1.11 bits per heavy atom. The molecule has 0 atom stereocenters. The maximum Gasteiger partial charge on any atom is 0.179 e. The predicted molar refractivity (Wildman–Crippen MR) is 108 cm³/mol. The van der Waals surface area contributed by atoms with E-state index in [4.69, 9.17) is 10.2 Å². The van der Waals surface area contributed by atoms with Gasteiger partial charge in [0.2, 0.25) is 0 Å². The molecule has 0 aliphatic heterocycles. The van der Waals surface area contributed by atoms with Gasteiger partial charge in [-0.1, -0.05) is 66.7 Å². The summed E-state index contributed by atoms with van der Waals surface area (Å²) in [6.45, 7) is 0. The van der Waals surface area contributed by atoms with Gasteiger partial charge in [-0.15, -0.1) is 0 Å². The summed E-state index contributed by atoms with van der Waals surface area (Å²) >= 11 is 0. The Labute approximate surface area is 203 Å². The van der Waals surface area contributed by atoms with Gasteiger partial charge in [0, 0.05) is 78.1 Å². The van der Waals surface area contributed by atoms with Crippen molar-refractivity contribution >= 4 is 32.6 Å². The van der Waals surface area contributed by atoms with Crippen LogP contribution in [0.2, 0.25) is 0 Å². The number of nitrogens with zero attached hydrogens (tertiary/aromatic N) is 2. The van der Waals surface area contributed by atoms with E-state index in [1.165, 1.54) is 0 Å². The van der Waals surface area contributed by atoms with Crippen molar-refractivity contribution in [3.8, 4) is 0 Å². The SMILES string of the molecule is OC(O)c1cccc2ccccc12.[Eu].c1cnc2c(c1)ccc1cccnc12. The predicted octanol–water partition coefficient (Wildman–Crippen LogP) is 4.61. The van der Waals surface area contributed by atoms with E-state index < -0.39 is 6.29 Å². The summed E-state index contributed by atoms with van der Waals surface area (Å²) in [6, 6.07) is 25.3. The number of aromatic nitrogens is 2. The first-order valence-corrected chi connectivity index (χ1v) is 8.66. The molecule has 28 heavy (non-hydrogen) atoms. The number of aliphatic hydroxyl groups excluding tert-OH is 1. The summed E-state index contributed by atoms with van der Waals surface area (Å²) in [5.41, 5.74) is 2.51. The average Bonchev–Trinajstić information content (AvgIpc) is 2.73. The normalized spacial score (nSPS) is 10.5. The second-order valence-corrected chi connectivity index (χ2v) is 6.16. The van der Waals surface area contributed by atoms with Crippen LogP contribution in [0.1, 0.15) is 11.9 Å². The van der Waals surface area contributed by atoms with Crippen molar-refractivity contribution in [2.24, 2.45) is 0 Å². The van der Waals surface area contributed by atoms with Gasteiger partial charge in [-0.2, -0.15) is 0 Å². The van der Waals surface area contributed by atoms with Crippen LogP contribution >= 0.6 is 0 Å². The Morgan fingerprint density at radius 3 is 1.71 bits per heavy atom. The molecular weight excluding hydrogens is 488 g/mol. The van der Waals surface area contributed by atoms with Crippen molar-refractivity contribution in [3.05, 3.63) is 96.8 Å². The molecule has 3 aromatic carbocycles. The van der Waals surface area contributed by atoms with Gasteiger partial charge in [-0.3, -0.25) is 9.97 Å². The smallest absolute Gasteiger partial charge is 0.179 e. The minimum atomic E-state index is -1.40. The molecule has 139 valence electrons. The van der Waals surface area contributed by atoms with Gasteiger partial charge in [-0.05, 0) is 22.9 Å². The van der Waals surface area contributed by atoms with Gasteiger partial charge < -0.3 is 10.2 Å². The topological polar surface area (TPSA) is 66.2 Å². The van der Waals surface area contributed by atoms with Gasteiger partial charge in [0.15, 0.2) is 6.29 Å². The zero-order valence-corrected chi connectivity index (χ0v) is 17.3. The van der Waals surface area contributed by atoms with Crippen LogP contribution in [0, 0.1) is 49.4 Å². The molecule has 5 rings (SSSR count). The van der Waals surface area contributed by atoms with Crippen LogP contribution < -0.4 is 0 Å². The maximum atomic E-state index is 9.08. The second-order valence-electron chi connectivity index (χ2n) is 6.16. The summed E-state index contributed by atoms with van der Waals surface area (Å²) in [4.78, 5) is 8.69. The minimum Gasteiger partial charge on any atom is -0.364 e. The van der Waals surface area contributed by atoms with Crippen molar-refractivity contribution in [2.45, 2.75) is 6.29 Å². The van der Waals surface area contributed by atoms with Crippen molar-refractivity contribution in [2.75, 3.05) is 0 Å². The molecule has 0 aliphatic carbocycles. The first-order valence-electron chi connectivity index (χ1n) is 8.66. The second kappa shape index (κ2) is 9.63. The van der Waals surface area contributed by atoms with E-state index in [1.807, 2.05) is 48.5 Å². The third kappa shape index (κ3) is 4.45. The van der Waals surface area contributed by atoms with Gasteiger partial charge in [0.1, 0.15) is 0 Å². The Kier molecular flexibility index (Phi) is 7.21. The maximum absolute atomic E-state index is 9.08. The van der Waals surface area contributed by atoms with Crippen LogP contribution in [0.3, 0.4) is 0 Å². The molecule has 5 aromatic rings. The zero-order valence-electron chi connectivity index (χ0n) is 14.9. The molecule has 1 radical (unpaired) electrons. The third-order valence-electron chi connectivity index (χ3n) is 4.45. The molecule has 0 fully saturated rings. The number of rotatable bonds is 1. The number of benzene rings is 3.